The van der Waals surface area contributed by atoms with E-state index >= 15 is 0 Å². The Bertz CT molecular complexity index is 371. The Hall–Kier alpha value is -2.38. The van der Waals surface area contributed by atoms with Gasteiger partial charge in [0.05, 0.1) is 0 Å². The maximum atomic E-state index is 11.6. The molecule has 0 amide bonds. The molecule has 0 aliphatic carbocycles. The molecule has 0 spiro atoms. The average Bonchev–Trinajstić information content (AvgIpc) is 2.36. The van der Waals surface area contributed by atoms with Gasteiger partial charge in [0.1, 0.15) is 13.2 Å². The Morgan fingerprint density at radius 2 is 1.33 bits per heavy atom. The van der Waals surface area contributed by atoms with Crippen molar-refractivity contribution in [3.05, 3.63) is 0 Å². The monoisotopic (exact) mass is 246 g/mol. The van der Waals surface area contributed by atoms with Crippen molar-refractivity contribution >= 4 is 11.9 Å². The second-order valence-electron chi connectivity index (χ2n) is 3.20. The molecule has 0 N–H and O–H groups in total. The van der Waals surface area contributed by atoms with E-state index in [0.29, 0.717) is 0 Å². The highest BCUT2D eigenvalue weighted by Crippen LogP contribution is 2.08. The predicted octanol–water partition coefficient (Wildman–Crippen LogP) is 0.759. The van der Waals surface area contributed by atoms with Crippen molar-refractivity contribution in [2.24, 2.45) is 5.92 Å². The van der Waals surface area contributed by atoms with Gasteiger partial charge in [-0.2, -0.15) is 0 Å². The second-order valence-corrected chi connectivity index (χ2v) is 3.20. The lowest BCUT2D eigenvalue weighted by Gasteiger charge is -2.12. The quantitative estimate of drug-likeness (QED) is 0.288. The molecule has 0 aromatic rings. The first-order valence-corrected chi connectivity index (χ1v) is 5.31. The Morgan fingerprint density at radius 1 is 0.889 bits per heavy atom. The summed E-state index contributed by atoms with van der Waals surface area (Å²) >= 11 is 0. The molecule has 0 saturated heterocycles. The van der Waals surface area contributed by atoms with Gasteiger partial charge in [-0.15, -0.1) is 37.0 Å². The van der Waals surface area contributed by atoms with E-state index in [1.54, 1.807) is 0 Å². The number of carbonyl (C=O) groups is 2. The fourth-order valence-corrected chi connectivity index (χ4v) is 1.00. The second kappa shape index (κ2) is 9.82. The van der Waals surface area contributed by atoms with Gasteiger partial charge < -0.3 is 9.47 Å². The number of rotatable bonds is 7. The van der Waals surface area contributed by atoms with Gasteiger partial charge >= 0.3 is 11.9 Å². The van der Waals surface area contributed by atoms with Crippen LogP contribution < -0.4 is 0 Å². The van der Waals surface area contributed by atoms with Crippen molar-refractivity contribution in [2.45, 2.75) is 19.3 Å². The zero-order valence-electron chi connectivity index (χ0n) is 9.98. The molecule has 4 heteroatoms. The summed E-state index contributed by atoms with van der Waals surface area (Å²) in [6.45, 7) is 0.0993. The molecule has 4 nitrogen and oxygen atoms in total. The smallest absolute Gasteiger partial charge is 0.321 e. The summed E-state index contributed by atoms with van der Waals surface area (Å²) in [5, 5.41) is 0. The third kappa shape index (κ3) is 6.26. The van der Waals surface area contributed by atoms with E-state index in [0.717, 1.165) is 0 Å². The molecule has 0 aromatic carbocycles. The van der Waals surface area contributed by atoms with E-state index < -0.39 is 17.9 Å². The van der Waals surface area contributed by atoms with Crippen molar-refractivity contribution < 1.29 is 19.1 Å². The van der Waals surface area contributed by atoms with Crippen LogP contribution in [0.5, 0.6) is 0 Å². The number of hydrogen-bond donors (Lipinski definition) is 0. The highest BCUT2D eigenvalue weighted by atomic mass is 16.6. The van der Waals surface area contributed by atoms with E-state index in [9.17, 15) is 9.59 Å². The summed E-state index contributed by atoms with van der Waals surface area (Å²) in [5.74, 6) is 4.27. The lowest BCUT2D eigenvalue weighted by atomic mass is 10.1. The minimum Gasteiger partial charge on any atom is -0.464 e. The van der Waals surface area contributed by atoms with Crippen molar-refractivity contribution in [2.75, 3.05) is 13.2 Å². The zero-order chi connectivity index (χ0) is 13.8. The topological polar surface area (TPSA) is 52.6 Å². The molecule has 0 aromatic heterocycles. The van der Waals surface area contributed by atoms with Gasteiger partial charge in [-0.1, -0.05) is 0 Å². The summed E-state index contributed by atoms with van der Waals surface area (Å²) in [7, 11) is 0. The summed E-state index contributed by atoms with van der Waals surface area (Å²) < 4.78 is 9.61. The van der Waals surface area contributed by atoms with E-state index in [4.69, 9.17) is 28.7 Å². The van der Waals surface area contributed by atoms with Crippen LogP contribution in [-0.4, -0.2) is 25.2 Å². The van der Waals surface area contributed by atoms with Crippen molar-refractivity contribution in [1.29, 1.82) is 0 Å². The van der Waals surface area contributed by atoms with Crippen LogP contribution in [0.1, 0.15) is 19.3 Å². The lowest BCUT2D eigenvalue weighted by Crippen LogP contribution is -2.28. The van der Waals surface area contributed by atoms with Crippen LogP contribution in [0.15, 0.2) is 0 Å². The number of ether oxygens (including phenoxy) is 2. The first kappa shape index (κ1) is 15.6. The van der Waals surface area contributed by atoms with Crippen LogP contribution in [0.25, 0.3) is 0 Å². The molecular weight excluding hydrogens is 232 g/mol. The molecule has 0 rings (SSSR count). The maximum absolute atomic E-state index is 11.6. The summed E-state index contributed by atoms with van der Waals surface area (Å²) in [4.78, 5) is 23.1. The SMILES string of the molecule is C#CCCOC(=O)C(CC#C)C(=O)OCCC#C. The number of hydrogen-bond acceptors (Lipinski definition) is 4. The number of terminal acetylenes is 3. The van der Waals surface area contributed by atoms with Crippen LogP contribution in [0.2, 0.25) is 0 Å². The Balaban J connectivity index is 4.32. The Kier molecular flexibility index (Phi) is 8.52. The van der Waals surface area contributed by atoms with E-state index in [1.165, 1.54) is 0 Å². The van der Waals surface area contributed by atoms with Crippen LogP contribution in [0.4, 0.5) is 0 Å². The van der Waals surface area contributed by atoms with Gasteiger partial charge in [0.25, 0.3) is 0 Å². The molecule has 18 heavy (non-hydrogen) atoms. The van der Waals surface area contributed by atoms with Crippen LogP contribution in [-0.2, 0) is 19.1 Å². The van der Waals surface area contributed by atoms with Gasteiger partial charge in [0, 0.05) is 19.3 Å². The fraction of sp³-hybridized carbons (Fsp3) is 0.429. The molecule has 0 fully saturated rings. The minimum atomic E-state index is -1.12. The Labute approximate surface area is 107 Å². The maximum Gasteiger partial charge on any atom is 0.321 e. The third-order valence-corrected chi connectivity index (χ3v) is 1.87. The summed E-state index contributed by atoms with van der Waals surface area (Å²) in [5.41, 5.74) is 0. The molecule has 0 aliphatic heterocycles. The van der Waals surface area contributed by atoms with E-state index in [-0.39, 0.29) is 32.5 Å². The average molecular weight is 246 g/mol. The molecule has 0 bridgehead atoms. The van der Waals surface area contributed by atoms with Crippen LogP contribution >= 0.6 is 0 Å². The molecule has 0 heterocycles. The highest BCUT2D eigenvalue weighted by molar-refractivity contribution is 5.95. The molecule has 0 radical (unpaired) electrons. The third-order valence-electron chi connectivity index (χ3n) is 1.87. The van der Waals surface area contributed by atoms with Crippen molar-refractivity contribution in [3.63, 3.8) is 0 Å². The van der Waals surface area contributed by atoms with Crippen molar-refractivity contribution in [3.8, 4) is 37.0 Å². The number of esters is 2. The Morgan fingerprint density at radius 3 is 1.67 bits per heavy atom. The van der Waals surface area contributed by atoms with Gasteiger partial charge in [0.2, 0.25) is 0 Å². The first-order chi connectivity index (χ1) is 8.67. The molecular formula is C14H14O4. The van der Waals surface area contributed by atoms with Gasteiger partial charge in [-0.3, -0.25) is 9.59 Å². The van der Waals surface area contributed by atoms with Crippen molar-refractivity contribution in [1.82, 2.24) is 0 Å². The summed E-state index contributed by atoms with van der Waals surface area (Å²) in [6, 6.07) is 0. The number of carbonyl (C=O) groups excluding carboxylic acids is 2. The van der Waals surface area contributed by atoms with Gasteiger partial charge in [-0.25, -0.2) is 0 Å². The van der Waals surface area contributed by atoms with E-state index in [2.05, 4.69) is 17.8 Å². The molecule has 0 saturated carbocycles. The summed E-state index contributed by atoms with van der Waals surface area (Å²) in [6.07, 6.45) is 15.6. The lowest BCUT2D eigenvalue weighted by molar-refractivity contribution is -0.161. The fourth-order valence-electron chi connectivity index (χ4n) is 1.00. The largest absolute Gasteiger partial charge is 0.464 e. The highest BCUT2D eigenvalue weighted by Gasteiger charge is 2.28. The standard InChI is InChI=1S/C14H14O4/c1-4-7-10-17-13(15)12(9-6-3)14(16)18-11-8-5-2/h1-3,12H,7-11H2. The minimum absolute atomic E-state index is 0.0496. The van der Waals surface area contributed by atoms with Gasteiger partial charge in [-0.05, 0) is 0 Å². The molecule has 0 atom stereocenters. The van der Waals surface area contributed by atoms with Crippen LogP contribution in [0.3, 0.4) is 0 Å². The molecule has 0 aliphatic rings. The predicted molar refractivity (Wildman–Crippen MR) is 65.8 cm³/mol. The molecule has 94 valence electrons. The first-order valence-electron chi connectivity index (χ1n) is 5.31. The normalized spacial score (nSPS) is 8.78. The van der Waals surface area contributed by atoms with E-state index in [1.807, 2.05) is 0 Å². The van der Waals surface area contributed by atoms with Gasteiger partial charge in [0.15, 0.2) is 5.92 Å². The van der Waals surface area contributed by atoms with Crippen LogP contribution in [0, 0.1) is 42.9 Å². The molecule has 0 unspecified atom stereocenters. The zero-order valence-corrected chi connectivity index (χ0v) is 9.98.